The van der Waals surface area contributed by atoms with Crippen LogP contribution in [0.4, 0.5) is 5.69 Å². The lowest BCUT2D eigenvalue weighted by Crippen LogP contribution is -2.03. The molecule has 0 unspecified atom stereocenters. The Bertz CT molecular complexity index is 1020. The molecule has 3 aromatic rings. The van der Waals surface area contributed by atoms with E-state index in [-0.39, 0.29) is 5.91 Å². The number of fused-ring (bicyclic) bond motifs is 3. The summed E-state index contributed by atoms with van der Waals surface area (Å²) in [4.78, 5) is 24.8. The van der Waals surface area contributed by atoms with Gasteiger partial charge in [-0.15, -0.1) is 0 Å². The van der Waals surface area contributed by atoms with Crippen molar-refractivity contribution in [1.82, 2.24) is 15.0 Å². The first-order chi connectivity index (χ1) is 11.6. The van der Waals surface area contributed by atoms with Crippen LogP contribution in [-0.4, -0.2) is 28.0 Å². The lowest BCUT2D eigenvalue weighted by Gasteiger charge is -2.07. The number of rotatable bonds is 2. The van der Waals surface area contributed by atoms with E-state index in [2.05, 4.69) is 20.3 Å². The zero-order valence-electron chi connectivity index (χ0n) is 13.6. The summed E-state index contributed by atoms with van der Waals surface area (Å²) in [5, 5.41) is 2.89. The van der Waals surface area contributed by atoms with Crippen LogP contribution in [0.1, 0.15) is 22.6 Å². The van der Waals surface area contributed by atoms with Crippen molar-refractivity contribution < 1.29 is 9.53 Å². The third-order valence-electron chi connectivity index (χ3n) is 4.26. The smallest absolute Gasteiger partial charge is 0.256 e. The minimum absolute atomic E-state index is 0.158. The summed E-state index contributed by atoms with van der Waals surface area (Å²) in [5.41, 5.74) is 6.07. The third kappa shape index (κ3) is 2.07. The number of aryl methyl sites for hydroxylation is 2. The zero-order valence-corrected chi connectivity index (χ0v) is 13.6. The maximum Gasteiger partial charge on any atom is 0.256 e. The van der Waals surface area contributed by atoms with Crippen LogP contribution in [0.15, 0.2) is 24.4 Å². The van der Waals surface area contributed by atoms with E-state index >= 15 is 0 Å². The molecule has 24 heavy (non-hydrogen) atoms. The SMILES string of the molecule is COc1cc[nH]c1C=C1C(=O)Nc2ccc3nc(C)c(C)nc3c21. The molecular weight excluding hydrogens is 304 g/mol. The summed E-state index contributed by atoms with van der Waals surface area (Å²) in [7, 11) is 1.60. The van der Waals surface area contributed by atoms with Gasteiger partial charge in [0.1, 0.15) is 5.75 Å². The van der Waals surface area contributed by atoms with Gasteiger partial charge in [0.2, 0.25) is 0 Å². The second kappa shape index (κ2) is 5.19. The number of ether oxygens (including phenoxy) is 1. The van der Waals surface area contributed by atoms with E-state index in [0.717, 1.165) is 39.4 Å². The van der Waals surface area contributed by atoms with Gasteiger partial charge >= 0.3 is 0 Å². The van der Waals surface area contributed by atoms with E-state index in [0.29, 0.717) is 11.3 Å². The second-order valence-electron chi connectivity index (χ2n) is 5.72. The van der Waals surface area contributed by atoms with Gasteiger partial charge in [-0.3, -0.25) is 4.79 Å². The molecule has 0 spiro atoms. The Balaban J connectivity index is 1.99. The number of methoxy groups -OCH3 is 1. The van der Waals surface area contributed by atoms with Crippen molar-refractivity contribution in [1.29, 1.82) is 0 Å². The summed E-state index contributed by atoms with van der Waals surface area (Å²) in [6.07, 6.45) is 3.56. The molecule has 1 aliphatic rings. The maximum atomic E-state index is 12.5. The summed E-state index contributed by atoms with van der Waals surface area (Å²) < 4.78 is 5.31. The number of benzene rings is 1. The van der Waals surface area contributed by atoms with Crippen molar-refractivity contribution in [2.75, 3.05) is 12.4 Å². The van der Waals surface area contributed by atoms with Gasteiger partial charge in [0, 0.05) is 11.8 Å². The van der Waals surface area contributed by atoms with Gasteiger partial charge in [0.05, 0.1) is 46.5 Å². The second-order valence-corrected chi connectivity index (χ2v) is 5.72. The van der Waals surface area contributed by atoms with Crippen LogP contribution in [0.5, 0.6) is 5.75 Å². The molecule has 0 radical (unpaired) electrons. The minimum atomic E-state index is -0.158. The fourth-order valence-corrected chi connectivity index (χ4v) is 2.91. The van der Waals surface area contributed by atoms with Crippen LogP contribution in [-0.2, 0) is 4.79 Å². The third-order valence-corrected chi connectivity index (χ3v) is 4.26. The molecule has 0 atom stereocenters. The first kappa shape index (κ1) is 14.4. The van der Waals surface area contributed by atoms with E-state index in [1.165, 1.54) is 0 Å². The van der Waals surface area contributed by atoms with E-state index < -0.39 is 0 Å². The van der Waals surface area contributed by atoms with Crippen LogP contribution >= 0.6 is 0 Å². The first-order valence-corrected chi connectivity index (χ1v) is 7.61. The molecule has 0 saturated heterocycles. The number of hydrogen-bond donors (Lipinski definition) is 2. The number of carbonyl (C=O) groups is 1. The minimum Gasteiger partial charge on any atom is -0.495 e. The number of nitrogens with zero attached hydrogens (tertiary/aromatic N) is 2. The highest BCUT2D eigenvalue weighted by Gasteiger charge is 2.28. The average Bonchev–Trinajstić information content (AvgIpc) is 3.14. The van der Waals surface area contributed by atoms with Crippen LogP contribution < -0.4 is 10.1 Å². The van der Waals surface area contributed by atoms with Crippen molar-refractivity contribution in [3.05, 3.63) is 47.0 Å². The van der Waals surface area contributed by atoms with E-state index in [1.54, 1.807) is 19.4 Å². The Morgan fingerprint density at radius 1 is 1.12 bits per heavy atom. The molecular formula is C18H16N4O2. The normalized spacial score (nSPS) is 15.0. The number of H-pyrrole nitrogens is 1. The molecule has 4 rings (SSSR count). The Morgan fingerprint density at radius 2 is 1.92 bits per heavy atom. The van der Waals surface area contributed by atoms with Crippen molar-refractivity contribution in [3.63, 3.8) is 0 Å². The fourth-order valence-electron chi connectivity index (χ4n) is 2.91. The Morgan fingerprint density at radius 3 is 2.71 bits per heavy atom. The van der Waals surface area contributed by atoms with Crippen LogP contribution in [0, 0.1) is 13.8 Å². The monoisotopic (exact) mass is 320 g/mol. The highest BCUT2D eigenvalue weighted by molar-refractivity contribution is 6.37. The summed E-state index contributed by atoms with van der Waals surface area (Å²) in [6.45, 7) is 3.85. The van der Waals surface area contributed by atoms with Gasteiger partial charge < -0.3 is 15.0 Å². The maximum absolute atomic E-state index is 12.5. The number of hydrogen-bond acceptors (Lipinski definition) is 4. The molecule has 0 bridgehead atoms. The number of amides is 1. The standard InChI is InChI=1S/C18H16N4O2/c1-9-10(2)21-17-13(20-9)5-4-12-16(17)11(18(23)22-12)8-14-15(24-3)6-7-19-14/h4-8,19H,1-3H3,(H,22,23). The van der Waals surface area contributed by atoms with Crippen LogP contribution in [0.25, 0.3) is 22.7 Å². The fraction of sp³-hybridized carbons (Fsp3) is 0.167. The number of carbonyl (C=O) groups excluding carboxylic acids is 1. The Hall–Kier alpha value is -3.15. The Labute approximate surface area is 138 Å². The van der Waals surface area contributed by atoms with E-state index in [4.69, 9.17) is 4.74 Å². The van der Waals surface area contributed by atoms with Crippen molar-refractivity contribution in [2.24, 2.45) is 0 Å². The molecule has 6 heteroatoms. The van der Waals surface area contributed by atoms with Crippen molar-refractivity contribution in [2.45, 2.75) is 13.8 Å². The molecule has 120 valence electrons. The first-order valence-electron chi connectivity index (χ1n) is 7.61. The molecule has 0 aliphatic carbocycles. The van der Waals surface area contributed by atoms with Crippen molar-refractivity contribution in [3.8, 4) is 5.75 Å². The van der Waals surface area contributed by atoms with E-state index in [9.17, 15) is 4.79 Å². The average molecular weight is 320 g/mol. The van der Waals surface area contributed by atoms with Crippen molar-refractivity contribution >= 4 is 34.3 Å². The molecule has 1 aliphatic heterocycles. The van der Waals surface area contributed by atoms with Gasteiger partial charge in [-0.2, -0.15) is 0 Å². The molecule has 6 nitrogen and oxygen atoms in total. The summed E-state index contributed by atoms with van der Waals surface area (Å²) >= 11 is 0. The largest absolute Gasteiger partial charge is 0.495 e. The number of anilines is 1. The molecule has 2 N–H and O–H groups in total. The molecule has 0 saturated carbocycles. The van der Waals surface area contributed by atoms with Gasteiger partial charge in [0.25, 0.3) is 5.91 Å². The highest BCUT2D eigenvalue weighted by Crippen LogP contribution is 2.38. The van der Waals surface area contributed by atoms with Crippen LogP contribution in [0.2, 0.25) is 0 Å². The highest BCUT2D eigenvalue weighted by atomic mass is 16.5. The number of aromatic nitrogens is 3. The zero-order chi connectivity index (χ0) is 16.8. The summed E-state index contributed by atoms with van der Waals surface area (Å²) in [5.74, 6) is 0.524. The lowest BCUT2D eigenvalue weighted by atomic mass is 10.0. The Kier molecular flexibility index (Phi) is 3.13. The van der Waals surface area contributed by atoms with Gasteiger partial charge in [-0.25, -0.2) is 9.97 Å². The molecule has 1 aromatic carbocycles. The van der Waals surface area contributed by atoms with Gasteiger partial charge in [-0.1, -0.05) is 0 Å². The lowest BCUT2D eigenvalue weighted by molar-refractivity contribution is -0.110. The molecule has 1 amide bonds. The topological polar surface area (TPSA) is 79.9 Å². The predicted octanol–water partition coefficient (Wildman–Crippen LogP) is 3.08. The molecule has 3 heterocycles. The summed E-state index contributed by atoms with van der Waals surface area (Å²) in [6, 6.07) is 5.56. The van der Waals surface area contributed by atoms with Crippen LogP contribution in [0.3, 0.4) is 0 Å². The van der Waals surface area contributed by atoms with Gasteiger partial charge in [-0.05, 0) is 38.1 Å². The van der Waals surface area contributed by atoms with E-state index in [1.807, 2.05) is 32.0 Å². The number of aromatic amines is 1. The predicted molar refractivity (Wildman–Crippen MR) is 92.9 cm³/mol. The van der Waals surface area contributed by atoms with Gasteiger partial charge in [0.15, 0.2) is 0 Å². The number of nitrogens with one attached hydrogen (secondary N) is 2. The quantitative estimate of drug-likeness (QED) is 0.711. The molecule has 2 aromatic heterocycles. The molecule has 0 fully saturated rings.